The number of aromatic nitrogens is 3. The first kappa shape index (κ1) is 23.2. The standard InChI is InChI=1S/C22H23ClF3N5O2/c1-11-5-7-12(8-6-11)27-20(32)13-9-16-19(30-21(13)33-10-17(25)26)31-22(28-16)29-18-14(23)3-2-4-15(18)24/h2-4,9,11-12,17H,5-8,10H2,1H3,(H,27,32)(H2,28,29,30,31). The van der Waals surface area contributed by atoms with Crippen LogP contribution in [0.1, 0.15) is 43.0 Å². The van der Waals surface area contributed by atoms with Gasteiger partial charge in [0.1, 0.15) is 11.4 Å². The Labute approximate surface area is 193 Å². The first-order valence-corrected chi connectivity index (χ1v) is 11.0. The monoisotopic (exact) mass is 481 g/mol. The summed E-state index contributed by atoms with van der Waals surface area (Å²) >= 11 is 6.04. The van der Waals surface area contributed by atoms with Crippen LogP contribution < -0.4 is 15.4 Å². The summed E-state index contributed by atoms with van der Waals surface area (Å²) in [6.45, 7) is 1.25. The molecule has 0 saturated heterocycles. The first-order chi connectivity index (χ1) is 15.8. The lowest BCUT2D eigenvalue weighted by molar-refractivity contribution is 0.0770. The number of ether oxygens (including phenoxy) is 1. The number of anilines is 2. The Hall–Kier alpha value is -3.01. The number of hydrogen-bond donors (Lipinski definition) is 3. The van der Waals surface area contributed by atoms with Crippen LogP contribution in [0.25, 0.3) is 11.2 Å². The Morgan fingerprint density at radius 1 is 1.27 bits per heavy atom. The number of hydrogen-bond acceptors (Lipinski definition) is 5. The number of alkyl halides is 2. The van der Waals surface area contributed by atoms with Gasteiger partial charge in [-0.2, -0.15) is 9.97 Å². The summed E-state index contributed by atoms with van der Waals surface area (Å²) in [7, 11) is 0. The predicted molar refractivity (Wildman–Crippen MR) is 119 cm³/mol. The highest BCUT2D eigenvalue weighted by molar-refractivity contribution is 6.33. The molecule has 0 aliphatic heterocycles. The predicted octanol–water partition coefficient (Wildman–Crippen LogP) is 5.45. The van der Waals surface area contributed by atoms with Crippen LogP contribution in [0.2, 0.25) is 5.02 Å². The van der Waals surface area contributed by atoms with Crippen molar-refractivity contribution in [1.29, 1.82) is 0 Å². The first-order valence-electron chi connectivity index (χ1n) is 10.6. The van der Waals surface area contributed by atoms with Crippen LogP contribution in [0.5, 0.6) is 5.88 Å². The van der Waals surface area contributed by atoms with Gasteiger partial charge in [0.15, 0.2) is 12.3 Å². The summed E-state index contributed by atoms with van der Waals surface area (Å²) in [4.78, 5) is 24.2. The van der Waals surface area contributed by atoms with Gasteiger partial charge in [0.05, 0.1) is 16.2 Å². The smallest absolute Gasteiger partial charge is 0.272 e. The van der Waals surface area contributed by atoms with Crippen LogP contribution >= 0.6 is 11.6 Å². The minimum absolute atomic E-state index is 0.00506. The van der Waals surface area contributed by atoms with Crippen molar-refractivity contribution in [3.8, 4) is 5.88 Å². The molecule has 33 heavy (non-hydrogen) atoms. The van der Waals surface area contributed by atoms with Crippen LogP contribution in [0.3, 0.4) is 0 Å². The van der Waals surface area contributed by atoms with Gasteiger partial charge in [-0.05, 0) is 49.8 Å². The minimum Gasteiger partial charge on any atom is -0.471 e. The third-order valence-corrected chi connectivity index (χ3v) is 5.90. The van der Waals surface area contributed by atoms with Crippen LogP contribution in [-0.2, 0) is 0 Å². The molecule has 176 valence electrons. The largest absolute Gasteiger partial charge is 0.471 e. The molecule has 2 heterocycles. The molecule has 4 rings (SSSR count). The van der Waals surface area contributed by atoms with Crippen molar-refractivity contribution in [3.05, 3.63) is 40.7 Å². The number of H-pyrrole nitrogens is 1. The quantitative estimate of drug-likeness (QED) is 0.417. The highest BCUT2D eigenvalue weighted by Crippen LogP contribution is 2.29. The second-order valence-corrected chi connectivity index (χ2v) is 8.56. The van der Waals surface area contributed by atoms with Crippen molar-refractivity contribution in [1.82, 2.24) is 20.3 Å². The Morgan fingerprint density at radius 3 is 2.73 bits per heavy atom. The Morgan fingerprint density at radius 2 is 2.03 bits per heavy atom. The lowest BCUT2D eigenvalue weighted by Gasteiger charge is -2.27. The zero-order chi connectivity index (χ0) is 23.5. The van der Waals surface area contributed by atoms with Crippen LogP contribution in [-0.4, -0.2) is 39.9 Å². The van der Waals surface area contributed by atoms with Crippen molar-refractivity contribution >= 4 is 40.3 Å². The van der Waals surface area contributed by atoms with Gasteiger partial charge in [-0.1, -0.05) is 24.6 Å². The number of rotatable bonds is 7. The van der Waals surface area contributed by atoms with E-state index in [1.54, 1.807) is 0 Å². The number of benzene rings is 1. The number of nitrogens with zero attached hydrogens (tertiary/aromatic N) is 2. The summed E-state index contributed by atoms with van der Waals surface area (Å²) in [5.74, 6) is -0.567. The highest BCUT2D eigenvalue weighted by atomic mass is 35.5. The van der Waals surface area contributed by atoms with E-state index in [1.807, 2.05) is 0 Å². The number of carbonyl (C=O) groups excluding carboxylic acids is 1. The number of aromatic amines is 1. The summed E-state index contributed by atoms with van der Waals surface area (Å²) in [6.07, 6.45) is 0.961. The normalized spacial score (nSPS) is 18.5. The van der Waals surface area contributed by atoms with E-state index in [0.717, 1.165) is 25.7 Å². The van der Waals surface area contributed by atoms with E-state index < -0.39 is 24.8 Å². The number of halogens is 4. The zero-order valence-electron chi connectivity index (χ0n) is 17.8. The average Bonchev–Trinajstić information content (AvgIpc) is 3.17. The van der Waals surface area contributed by atoms with E-state index in [2.05, 4.69) is 32.5 Å². The van der Waals surface area contributed by atoms with Gasteiger partial charge in [-0.3, -0.25) is 4.79 Å². The highest BCUT2D eigenvalue weighted by Gasteiger charge is 2.24. The molecule has 3 aromatic rings. The maximum atomic E-state index is 14.1. The van der Waals surface area contributed by atoms with Crippen LogP contribution in [0, 0.1) is 11.7 Å². The molecule has 0 unspecified atom stereocenters. The number of pyridine rings is 1. The molecule has 0 spiro atoms. The summed E-state index contributed by atoms with van der Waals surface area (Å²) < 4.78 is 44.8. The molecule has 0 bridgehead atoms. The molecule has 0 radical (unpaired) electrons. The van der Waals surface area contributed by atoms with Crippen molar-refractivity contribution in [2.45, 2.75) is 45.1 Å². The van der Waals surface area contributed by atoms with Gasteiger partial charge >= 0.3 is 0 Å². The molecule has 1 aliphatic rings. The lowest BCUT2D eigenvalue weighted by atomic mass is 9.87. The van der Waals surface area contributed by atoms with E-state index in [4.69, 9.17) is 16.3 Å². The molecule has 2 aromatic heterocycles. The molecule has 11 heteroatoms. The van der Waals surface area contributed by atoms with Crippen molar-refractivity contribution in [2.24, 2.45) is 5.92 Å². The maximum absolute atomic E-state index is 14.1. The maximum Gasteiger partial charge on any atom is 0.272 e. The molecule has 1 aliphatic carbocycles. The number of amides is 1. The second kappa shape index (κ2) is 9.86. The number of imidazole rings is 1. The molecule has 1 saturated carbocycles. The Kier molecular flexibility index (Phi) is 6.92. The summed E-state index contributed by atoms with van der Waals surface area (Å²) in [5.41, 5.74) is 0.479. The number of fused-ring (bicyclic) bond motifs is 1. The Bertz CT molecular complexity index is 1130. The van der Waals surface area contributed by atoms with E-state index in [0.29, 0.717) is 11.4 Å². The minimum atomic E-state index is -2.74. The molecular formula is C22H23ClF3N5O2. The van der Waals surface area contributed by atoms with Crippen molar-refractivity contribution in [2.75, 3.05) is 11.9 Å². The molecule has 3 N–H and O–H groups in total. The number of carbonyl (C=O) groups is 1. The second-order valence-electron chi connectivity index (χ2n) is 8.15. The van der Waals surface area contributed by atoms with Gasteiger partial charge < -0.3 is 20.4 Å². The number of nitrogens with one attached hydrogen (secondary N) is 3. The molecule has 1 fully saturated rings. The fourth-order valence-electron chi connectivity index (χ4n) is 3.80. The molecule has 0 atom stereocenters. The fourth-order valence-corrected chi connectivity index (χ4v) is 4.01. The topological polar surface area (TPSA) is 91.9 Å². The van der Waals surface area contributed by atoms with Gasteiger partial charge in [0.2, 0.25) is 11.8 Å². The van der Waals surface area contributed by atoms with E-state index in [1.165, 1.54) is 24.3 Å². The van der Waals surface area contributed by atoms with Crippen LogP contribution in [0.15, 0.2) is 24.3 Å². The molecular weight excluding hydrogens is 459 g/mol. The van der Waals surface area contributed by atoms with E-state index in [9.17, 15) is 18.0 Å². The summed E-state index contributed by atoms with van der Waals surface area (Å²) in [5, 5.41) is 5.83. The van der Waals surface area contributed by atoms with Crippen molar-refractivity contribution in [3.63, 3.8) is 0 Å². The lowest BCUT2D eigenvalue weighted by Crippen LogP contribution is -2.37. The van der Waals surface area contributed by atoms with Gasteiger partial charge in [0.25, 0.3) is 12.3 Å². The van der Waals surface area contributed by atoms with Crippen LogP contribution in [0.4, 0.5) is 24.8 Å². The average molecular weight is 482 g/mol. The van der Waals surface area contributed by atoms with E-state index in [-0.39, 0.29) is 39.8 Å². The van der Waals surface area contributed by atoms with Gasteiger partial charge in [-0.25, -0.2) is 13.2 Å². The molecule has 1 aromatic carbocycles. The Balaban J connectivity index is 1.62. The third kappa shape index (κ3) is 5.50. The fraction of sp³-hybridized carbons (Fsp3) is 0.409. The molecule has 1 amide bonds. The number of para-hydroxylation sites is 1. The van der Waals surface area contributed by atoms with Gasteiger partial charge in [0, 0.05) is 6.04 Å². The third-order valence-electron chi connectivity index (χ3n) is 5.59. The SMILES string of the molecule is CC1CCC(NC(=O)c2cc3[nH]c(Nc4c(F)cccc4Cl)nc3nc2OCC(F)F)CC1. The zero-order valence-corrected chi connectivity index (χ0v) is 18.6. The van der Waals surface area contributed by atoms with Gasteiger partial charge in [-0.15, -0.1) is 0 Å². The summed E-state index contributed by atoms with van der Waals surface area (Å²) in [6, 6.07) is 5.64. The molecule has 7 nitrogen and oxygen atoms in total. The van der Waals surface area contributed by atoms with E-state index >= 15 is 0 Å². The van der Waals surface area contributed by atoms with Crippen molar-refractivity contribution < 1.29 is 22.7 Å².